The molecular formula is C58H32F6N4. The first kappa shape index (κ1) is 41.8. The quantitative estimate of drug-likeness (QED) is 0.156. The summed E-state index contributed by atoms with van der Waals surface area (Å²) in [6.45, 7) is 0. The number of hydrogen-bond acceptors (Lipinski definition) is 2. The average Bonchev–Trinajstić information content (AvgIpc) is 3.88. The molecule has 0 bridgehead atoms. The molecule has 0 aliphatic heterocycles. The third kappa shape index (κ3) is 6.77. The molecule has 0 saturated heterocycles. The molecule has 0 amide bonds. The number of fused-ring (bicyclic) bond motifs is 6. The monoisotopic (exact) mass is 898 g/mol. The maximum atomic E-state index is 14.1. The number of alkyl halides is 6. The minimum Gasteiger partial charge on any atom is -0.307 e. The first-order valence-electron chi connectivity index (χ1n) is 21.5. The van der Waals surface area contributed by atoms with E-state index in [0.29, 0.717) is 55.9 Å². The molecule has 2 heterocycles. The van der Waals surface area contributed by atoms with Gasteiger partial charge in [-0.3, -0.25) is 0 Å². The average molecular weight is 899 g/mol. The standard InChI is InChI=1S/C58H32F6N4/c59-57(60,61)41-19-11-15-37(31-41)35-13-9-17-39(29-35)53-48(34-66)56(68-51-27-7-3-23-45(51)46-24-4-8-28-52(46)68)54(40-18-10-14-36(30-40)38-16-12-20-42(32-38)58(62,63)64)47(33-65)55(53)67-49-25-5-1-21-43(49)44-22-2-6-26-50(44)67/h1-32H. The summed E-state index contributed by atoms with van der Waals surface area (Å²) in [5, 5.41) is 27.4. The minimum atomic E-state index is -4.60. The Bertz CT molecular complexity index is 3570. The van der Waals surface area contributed by atoms with Crippen molar-refractivity contribution in [3.05, 3.63) is 216 Å². The highest BCUT2D eigenvalue weighted by Gasteiger charge is 2.34. The second kappa shape index (κ2) is 15.9. The molecule has 0 N–H and O–H groups in total. The van der Waals surface area contributed by atoms with E-state index in [0.717, 1.165) is 67.9 Å². The number of nitriles is 2. The van der Waals surface area contributed by atoms with E-state index < -0.39 is 23.5 Å². The van der Waals surface area contributed by atoms with E-state index in [1.54, 1.807) is 60.7 Å². The SMILES string of the molecule is N#Cc1c(-c2cccc(-c3cccc(C(F)(F)F)c3)c2)c(-n2c3ccccc3c3ccccc32)c(C#N)c(-c2cccc(-c3cccc(C(F)(F)F)c3)c2)c1-n1c2ccccc2c2ccccc21. The van der Waals surface area contributed by atoms with Gasteiger partial charge in [-0.2, -0.15) is 36.9 Å². The van der Waals surface area contributed by atoms with Crippen LogP contribution in [0.25, 0.3) is 99.5 Å². The van der Waals surface area contributed by atoms with Crippen LogP contribution in [0.4, 0.5) is 26.3 Å². The summed E-state index contributed by atoms with van der Waals surface area (Å²) in [6, 6.07) is 60.0. The van der Waals surface area contributed by atoms with E-state index >= 15 is 0 Å². The fourth-order valence-electron chi connectivity index (χ4n) is 9.74. The molecule has 0 atom stereocenters. The van der Waals surface area contributed by atoms with Gasteiger partial charge in [0.15, 0.2) is 0 Å². The molecule has 0 radical (unpaired) electrons. The molecule has 4 nitrogen and oxygen atoms in total. The highest BCUT2D eigenvalue weighted by Crippen LogP contribution is 2.49. The zero-order valence-corrected chi connectivity index (χ0v) is 35.5. The number of rotatable bonds is 6. The summed E-state index contributed by atoms with van der Waals surface area (Å²) < 4.78 is 88.7. The van der Waals surface area contributed by atoms with Crippen LogP contribution in [0.5, 0.6) is 0 Å². The molecule has 0 saturated carbocycles. The van der Waals surface area contributed by atoms with E-state index in [2.05, 4.69) is 12.1 Å². The lowest BCUT2D eigenvalue weighted by Gasteiger charge is -2.25. The lowest BCUT2D eigenvalue weighted by molar-refractivity contribution is -0.138. The zero-order chi connectivity index (χ0) is 46.9. The maximum absolute atomic E-state index is 14.1. The highest BCUT2D eigenvalue weighted by atomic mass is 19.4. The molecule has 9 aromatic carbocycles. The minimum absolute atomic E-state index is 0.146. The Morgan fingerprint density at radius 1 is 0.324 bits per heavy atom. The number of hydrogen-bond donors (Lipinski definition) is 0. The van der Waals surface area contributed by atoms with Crippen molar-refractivity contribution < 1.29 is 26.3 Å². The van der Waals surface area contributed by atoms with Crippen LogP contribution in [0, 0.1) is 22.7 Å². The van der Waals surface area contributed by atoms with E-state index in [9.17, 15) is 36.9 Å². The van der Waals surface area contributed by atoms with Crippen LogP contribution in [0.1, 0.15) is 22.3 Å². The van der Waals surface area contributed by atoms with Crippen molar-refractivity contribution in [2.24, 2.45) is 0 Å². The van der Waals surface area contributed by atoms with Crippen molar-refractivity contribution in [2.45, 2.75) is 12.4 Å². The lowest BCUT2D eigenvalue weighted by atomic mass is 9.85. The van der Waals surface area contributed by atoms with Crippen LogP contribution < -0.4 is 0 Å². The molecule has 0 aliphatic carbocycles. The number of halogens is 6. The fourth-order valence-corrected chi connectivity index (χ4v) is 9.74. The summed E-state index contributed by atoms with van der Waals surface area (Å²) in [5.41, 5.74) is 5.30. The van der Waals surface area contributed by atoms with E-state index in [1.165, 1.54) is 12.1 Å². The summed E-state index contributed by atoms with van der Waals surface area (Å²) in [4.78, 5) is 0. The van der Waals surface area contributed by atoms with Gasteiger partial charge in [0.2, 0.25) is 0 Å². The van der Waals surface area contributed by atoms with Crippen LogP contribution in [0.15, 0.2) is 194 Å². The van der Waals surface area contributed by atoms with Crippen molar-refractivity contribution in [2.75, 3.05) is 0 Å². The van der Waals surface area contributed by atoms with Crippen molar-refractivity contribution in [3.63, 3.8) is 0 Å². The Balaban J connectivity index is 1.35. The number of aromatic nitrogens is 2. The first-order chi connectivity index (χ1) is 32.9. The van der Waals surface area contributed by atoms with Gasteiger partial charge in [0.1, 0.15) is 12.1 Å². The third-order valence-corrected chi connectivity index (χ3v) is 12.6. The van der Waals surface area contributed by atoms with Gasteiger partial charge in [0.25, 0.3) is 0 Å². The Morgan fingerprint density at radius 3 is 0.912 bits per heavy atom. The molecule has 11 rings (SSSR count). The molecule has 2 aromatic heterocycles. The van der Waals surface area contributed by atoms with Gasteiger partial charge in [-0.05, 0) is 94.0 Å². The fraction of sp³-hybridized carbons (Fsp3) is 0.0345. The van der Waals surface area contributed by atoms with Gasteiger partial charge in [-0.25, -0.2) is 0 Å². The van der Waals surface area contributed by atoms with Crippen molar-refractivity contribution in [1.29, 1.82) is 10.5 Å². The highest BCUT2D eigenvalue weighted by molar-refractivity contribution is 6.13. The summed E-state index contributed by atoms with van der Waals surface area (Å²) in [7, 11) is 0. The first-order valence-corrected chi connectivity index (χ1v) is 21.5. The van der Waals surface area contributed by atoms with Crippen LogP contribution in [0.2, 0.25) is 0 Å². The van der Waals surface area contributed by atoms with Crippen LogP contribution in [0.3, 0.4) is 0 Å². The second-order valence-corrected chi connectivity index (χ2v) is 16.5. The van der Waals surface area contributed by atoms with Gasteiger partial charge < -0.3 is 9.13 Å². The Morgan fingerprint density at radius 2 is 0.603 bits per heavy atom. The Hall–Kier alpha value is -8.86. The summed E-state index contributed by atoms with van der Waals surface area (Å²) >= 11 is 0. The molecule has 0 spiro atoms. The Kier molecular flexibility index (Phi) is 9.80. The summed E-state index contributed by atoms with van der Waals surface area (Å²) in [5.74, 6) is 0. The molecule has 0 aliphatic rings. The predicted octanol–water partition coefficient (Wildman–Crippen LogP) is 16.3. The lowest BCUT2D eigenvalue weighted by Crippen LogP contribution is -2.11. The summed E-state index contributed by atoms with van der Waals surface area (Å²) in [6.07, 6.45) is -9.20. The van der Waals surface area contributed by atoms with E-state index in [4.69, 9.17) is 0 Å². The number of para-hydroxylation sites is 4. The molecular weight excluding hydrogens is 867 g/mol. The molecule has 11 aromatic rings. The van der Waals surface area contributed by atoms with E-state index in [1.807, 2.05) is 106 Å². The number of nitrogens with zero attached hydrogens (tertiary/aromatic N) is 4. The second-order valence-electron chi connectivity index (χ2n) is 16.5. The van der Waals surface area contributed by atoms with Gasteiger partial charge in [-0.15, -0.1) is 0 Å². The van der Waals surface area contributed by atoms with Gasteiger partial charge in [-0.1, -0.05) is 133 Å². The van der Waals surface area contributed by atoms with Gasteiger partial charge in [0, 0.05) is 32.7 Å². The largest absolute Gasteiger partial charge is 0.416 e. The molecule has 0 fully saturated rings. The molecule has 10 heteroatoms. The topological polar surface area (TPSA) is 57.4 Å². The normalized spacial score (nSPS) is 11.9. The third-order valence-electron chi connectivity index (χ3n) is 12.6. The number of benzene rings is 9. The smallest absolute Gasteiger partial charge is 0.307 e. The molecule has 326 valence electrons. The predicted molar refractivity (Wildman–Crippen MR) is 256 cm³/mol. The van der Waals surface area contributed by atoms with Gasteiger partial charge >= 0.3 is 12.4 Å². The Labute approximate surface area is 385 Å². The van der Waals surface area contributed by atoms with Crippen LogP contribution >= 0.6 is 0 Å². The van der Waals surface area contributed by atoms with Crippen molar-refractivity contribution >= 4 is 43.6 Å². The maximum Gasteiger partial charge on any atom is 0.416 e. The molecule has 0 unspecified atom stereocenters. The van der Waals surface area contributed by atoms with Crippen LogP contribution in [-0.4, -0.2) is 9.13 Å². The van der Waals surface area contributed by atoms with Crippen molar-refractivity contribution in [1.82, 2.24) is 9.13 Å². The van der Waals surface area contributed by atoms with E-state index in [-0.39, 0.29) is 11.1 Å². The van der Waals surface area contributed by atoms with Gasteiger partial charge in [0.05, 0.1) is 55.7 Å². The zero-order valence-electron chi connectivity index (χ0n) is 35.5. The van der Waals surface area contributed by atoms with Crippen molar-refractivity contribution in [3.8, 4) is 68.0 Å². The van der Waals surface area contributed by atoms with Crippen LogP contribution in [-0.2, 0) is 12.4 Å². The molecule has 68 heavy (non-hydrogen) atoms.